The van der Waals surface area contributed by atoms with Gasteiger partial charge in [0.15, 0.2) is 0 Å². The van der Waals surface area contributed by atoms with Gasteiger partial charge in [-0.2, -0.15) is 0 Å². The number of para-hydroxylation sites is 6. The molecule has 59 heavy (non-hydrogen) atoms. The van der Waals surface area contributed by atoms with Crippen molar-refractivity contribution in [3.63, 3.8) is 0 Å². The highest BCUT2D eigenvalue weighted by atomic mass is 15.2. The summed E-state index contributed by atoms with van der Waals surface area (Å²) in [7, 11) is 0. The lowest BCUT2D eigenvalue weighted by atomic mass is 9.98. The Morgan fingerprint density at radius 1 is 0.271 bits per heavy atom. The van der Waals surface area contributed by atoms with Crippen molar-refractivity contribution >= 4 is 92.5 Å². The van der Waals surface area contributed by atoms with Gasteiger partial charge in [-0.15, -0.1) is 0 Å². The van der Waals surface area contributed by atoms with Crippen molar-refractivity contribution in [2.75, 3.05) is 0 Å². The van der Waals surface area contributed by atoms with Crippen LogP contribution in [0.15, 0.2) is 206 Å². The van der Waals surface area contributed by atoms with Crippen LogP contribution >= 0.6 is 0 Å². The molecule has 0 atom stereocenters. The van der Waals surface area contributed by atoms with Crippen LogP contribution in [0.1, 0.15) is 0 Å². The number of aromatic nitrogens is 4. The minimum atomic E-state index is 0.852. The zero-order chi connectivity index (χ0) is 38.6. The molecule has 0 aliphatic carbocycles. The second-order valence-electron chi connectivity index (χ2n) is 15.5. The molecule has 0 saturated heterocycles. The Labute approximate surface area is 338 Å². The van der Waals surface area contributed by atoms with Gasteiger partial charge in [0.25, 0.3) is 0 Å². The second kappa shape index (κ2) is 12.3. The van der Waals surface area contributed by atoms with Gasteiger partial charge in [-0.1, -0.05) is 170 Å². The molecule has 0 radical (unpaired) electrons. The molecule has 0 unspecified atom stereocenters. The smallest absolute Gasteiger partial charge is 0.220 e. The van der Waals surface area contributed by atoms with E-state index in [4.69, 9.17) is 4.98 Å². The molecule has 13 aromatic rings. The van der Waals surface area contributed by atoms with Gasteiger partial charge in [0.1, 0.15) is 0 Å². The average molecular weight is 751 g/mol. The minimum absolute atomic E-state index is 0.852. The highest BCUT2D eigenvalue weighted by Crippen LogP contribution is 2.43. The normalized spacial score (nSPS) is 12.1. The van der Waals surface area contributed by atoms with Gasteiger partial charge in [0.05, 0.1) is 44.3 Å². The molecule has 0 aliphatic rings. The fraction of sp³-hybridized carbons (Fsp3) is 0. The molecule has 0 N–H and O–H groups in total. The minimum Gasteiger partial charge on any atom is -0.309 e. The quantitative estimate of drug-likeness (QED) is 0.177. The highest BCUT2D eigenvalue weighted by Gasteiger charge is 2.24. The molecule has 9 aromatic carbocycles. The van der Waals surface area contributed by atoms with Crippen molar-refractivity contribution in [2.24, 2.45) is 0 Å². The van der Waals surface area contributed by atoms with E-state index >= 15 is 0 Å². The molecule has 274 valence electrons. The Kier molecular flexibility index (Phi) is 6.69. The maximum absolute atomic E-state index is 5.91. The number of rotatable bonds is 3. The Morgan fingerprint density at radius 3 is 1.17 bits per heavy atom. The van der Waals surface area contributed by atoms with Gasteiger partial charge in [0.2, 0.25) is 5.95 Å². The van der Waals surface area contributed by atoms with Gasteiger partial charge < -0.3 is 4.57 Å². The van der Waals surface area contributed by atoms with Crippen LogP contribution < -0.4 is 0 Å². The lowest BCUT2D eigenvalue weighted by Crippen LogP contribution is -2.01. The van der Waals surface area contributed by atoms with Crippen LogP contribution in [0.2, 0.25) is 0 Å². The molecule has 0 bridgehead atoms. The lowest BCUT2D eigenvalue weighted by Gasteiger charge is -2.15. The van der Waals surface area contributed by atoms with Crippen molar-refractivity contribution < 1.29 is 0 Å². The Balaban J connectivity index is 1.29. The van der Waals surface area contributed by atoms with Crippen molar-refractivity contribution in [2.45, 2.75) is 0 Å². The number of hydrogen-bond donors (Lipinski definition) is 0. The van der Waals surface area contributed by atoms with Crippen LogP contribution in [-0.2, 0) is 0 Å². The first kappa shape index (κ1) is 32.2. The van der Waals surface area contributed by atoms with Crippen molar-refractivity contribution in [1.29, 1.82) is 0 Å². The summed E-state index contributed by atoms with van der Waals surface area (Å²) in [4.78, 5) is 5.91. The molecule has 4 heterocycles. The third kappa shape index (κ3) is 4.46. The van der Waals surface area contributed by atoms with E-state index in [9.17, 15) is 0 Å². The number of imidazole rings is 1. The molecule has 0 saturated carbocycles. The molecule has 13 rings (SSSR count). The van der Waals surface area contributed by atoms with Crippen LogP contribution in [0.5, 0.6) is 0 Å². The zero-order valence-corrected chi connectivity index (χ0v) is 31.9. The summed E-state index contributed by atoms with van der Waals surface area (Å²) in [6.07, 6.45) is 0. The topological polar surface area (TPSA) is 27.2 Å². The molecule has 4 nitrogen and oxygen atoms in total. The monoisotopic (exact) mass is 750 g/mol. The summed E-state index contributed by atoms with van der Waals surface area (Å²) in [6, 6.07) is 75.0. The zero-order valence-electron chi connectivity index (χ0n) is 31.9. The lowest BCUT2D eigenvalue weighted by molar-refractivity contribution is 1.01. The molecular weight excluding hydrogens is 717 g/mol. The Morgan fingerprint density at radius 2 is 0.644 bits per heavy atom. The second-order valence-corrected chi connectivity index (χ2v) is 15.5. The van der Waals surface area contributed by atoms with Gasteiger partial charge in [0, 0.05) is 43.4 Å². The van der Waals surface area contributed by atoms with E-state index in [0.29, 0.717) is 0 Å². The summed E-state index contributed by atoms with van der Waals surface area (Å²) >= 11 is 0. The molecule has 0 spiro atoms. The SMILES string of the molecule is c1ccc(-n2c3ccccc3c3ccccc32)c(-c2ccc3c4ccccc4c4ccccc4c4ccccc4n4c(-n5c6ccccc6c6ccccc65)nc2c34)c1. The average Bonchev–Trinajstić information content (AvgIpc) is 3.97. The highest BCUT2D eigenvalue weighted by molar-refractivity contribution is 6.22. The van der Waals surface area contributed by atoms with Crippen LogP contribution in [-0.4, -0.2) is 18.5 Å². The molecule has 0 fully saturated rings. The van der Waals surface area contributed by atoms with E-state index in [0.717, 1.165) is 61.1 Å². The largest absolute Gasteiger partial charge is 0.309 e. The van der Waals surface area contributed by atoms with Gasteiger partial charge in [-0.05, 0) is 57.9 Å². The van der Waals surface area contributed by atoms with E-state index in [2.05, 4.69) is 220 Å². The Bertz CT molecular complexity index is 3810. The summed E-state index contributed by atoms with van der Waals surface area (Å²) < 4.78 is 7.26. The Hall–Kier alpha value is -7.95. The maximum Gasteiger partial charge on any atom is 0.220 e. The standard InChI is InChI=1S/C55H34N4/c1-3-19-37-35(17-1)36-18-2-4-20-38(36)46-34-33-45(44-26-10-13-29-49(44)57-47-27-11-6-22-40(47)41-23-7-12-28-48(41)57)53-54(46)59(52-32-16-5-21-39(37)52)55(56-53)58-50-30-14-8-24-42(50)43-25-9-15-31-51(43)58/h1-34H. The predicted molar refractivity (Wildman–Crippen MR) is 248 cm³/mol. The van der Waals surface area contributed by atoms with Crippen molar-refractivity contribution in [3.8, 4) is 22.8 Å². The molecule has 0 aliphatic heterocycles. The maximum atomic E-state index is 5.91. The van der Waals surface area contributed by atoms with E-state index in [1.807, 2.05) is 0 Å². The van der Waals surface area contributed by atoms with Gasteiger partial charge >= 0.3 is 0 Å². The number of fused-ring (bicyclic) bond motifs is 13. The first-order chi connectivity index (χ1) is 29.3. The molecule has 0 amide bonds. The number of nitrogens with zero attached hydrogens (tertiary/aromatic N) is 4. The molecule has 4 heteroatoms. The third-order valence-corrected chi connectivity index (χ3v) is 12.5. The van der Waals surface area contributed by atoms with E-state index in [1.165, 1.54) is 54.1 Å². The number of hydrogen-bond acceptors (Lipinski definition) is 1. The van der Waals surface area contributed by atoms with Crippen molar-refractivity contribution in [1.82, 2.24) is 18.5 Å². The molecule has 4 aromatic heterocycles. The molecular formula is C55H34N4. The number of benzene rings is 9. The van der Waals surface area contributed by atoms with Crippen molar-refractivity contribution in [3.05, 3.63) is 206 Å². The van der Waals surface area contributed by atoms with Crippen LogP contribution in [0.3, 0.4) is 0 Å². The van der Waals surface area contributed by atoms with Crippen LogP contribution in [0.25, 0.3) is 115 Å². The first-order valence-corrected chi connectivity index (χ1v) is 20.2. The third-order valence-electron chi connectivity index (χ3n) is 12.5. The first-order valence-electron chi connectivity index (χ1n) is 20.2. The van der Waals surface area contributed by atoms with Crippen LogP contribution in [0.4, 0.5) is 0 Å². The van der Waals surface area contributed by atoms with Gasteiger partial charge in [-0.25, -0.2) is 4.98 Å². The van der Waals surface area contributed by atoms with E-state index < -0.39 is 0 Å². The van der Waals surface area contributed by atoms with Gasteiger partial charge in [-0.3, -0.25) is 8.97 Å². The van der Waals surface area contributed by atoms with E-state index in [-0.39, 0.29) is 0 Å². The summed E-state index contributed by atoms with van der Waals surface area (Å²) in [5.41, 5.74) is 11.0. The summed E-state index contributed by atoms with van der Waals surface area (Å²) in [5.74, 6) is 0.852. The fourth-order valence-corrected chi connectivity index (χ4v) is 10.0. The van der Waals surface area contributed by atoms with E-state index in [1.54, 1.807) is 0 Å². The van der Waals surface area contributed by atoms with Crippen LogP contribution in [0, 0.1) is 0 Å². The summed E-state index contributed by atoms with van der Waals surface area (Å²) in [5, 5.41) is 11.9. The summed E-state index contributed by atoms with van der Waals surface area (Å²) in [6.45, 7) is 0. The fourth-order valence-electron chi connectivity index (χ4n) is 10.0. The predicted octanol–water partition coefficient (Wildman–Crippen LogP) is 14.4.